The van der Waals surface area contributed by atoms with Crippen LogP contribution in [0.4, 0.5) is 0 Å². The Morgan fingerprint density at radius 3 is 2.26 bits per heavy atom. The normalized spacial score (nSPS) is 10.4. The summed E-state index contributed by atoms with van der Waals surface area (Å²) in [7, 11) is 0. The summed E-state index contributed by atoms with van der Waals surface area (Å²) in [6, 6.07) is 5.11. The third-order valence-electron chi connectivity index (χ3n) is 2.99. The van der Waals surface area contributed by atoms with Crippen LogP contribution in [-0.2, 0) is 6.42 Å². The van der Waals surface area contributed by atoms with Gasteiger partial charge in [0.15, 0.2) is 0 Å². The van der Waals surface area contributed by atoms with E-state index in [0.29, 0.717) is 0 Å². The minimum atomic E-state index is -0.616. The molecule has 4 N–H and O–H groups in total. The van der Waals surface area contributed by atoms with Crippen molar-refractivity contribution in [3.05, 3.63) is 34.9 Å². The van der Waals surface area contributed by atoms with Gasteiger partial charge >= 0.3 is 0 Å². The second-order valence-corrected chi connectivity index (χ2v) is 5.21. The number of hydrogen-bond donors (Lipinski definition) is 2. The maximum atomic E-state index is 11.5. The van der Waals surface area contributed by atoms with Gasteiger partial charge < -0.3 is 11.5 Å². The van der Waals surface area contributed by atoms with Gasteiger partial charge in [0.25, 0.3) is 0 Å². The summed E-state index contributed by atoms with van der Waals surface area (Å²) in [4.78, 5) is 22.8. The summed E-state index contributed by atoms with van der Waals surface area (Å²) in [6.07, 6.45) is 5.08. The molecule has 2 amide bonds. The van der Waals surface area contributed by atoms with Crippen LogP contribution in [0.25, 0.3) is 0 Å². The van der Waals surface area contributed by atoms with E-state index < -0.39 is 11.8 Å². The van der Waals surface area contributed by atoms with Crippen molar-refractivity contribution in [2.75, 3.05) is 5.33 Å². The first-order valence-corrected chi connectivity index (χ1v) is 7.47. The third-order valence-corrected chi connectivity index (χ3v) is 3.55. The summed E-state index contributed by atoms with van der Waals surface area (Å²) in [6.45, 7) is 0. The van der Waals surface area contributed by atoms with E-state index in [0.717, 1.165) is 43.0 Å². The smallest absolute Gasteiger partial charge is 0.249 e. The number of halogens is 1. The van der Waals surface area contributed by atoms with Gasteiger partial charge in [0.05, 0.1) is 11.1 Å². The van der Waals surface area contributed by atoms with Crippen molar-refractivity contribution in [2.24, 2.45) is 11.5 Å². The standard InChI is InChI=1S/C14H19BrN2O2/c15-9-4-2-1-3-6-10-7-5-8-11(13(16)18)12(10)14(17)19/h5,7-8H,1-4,6,9H2,(H2,16,18)(H2,17,19). The van der Waals surface area contributed by atoms with Crippen molar-refractivity contribution in [1.82, 2.24) is 0 Å². The molecule has 0 spiro atoms. The van der Waals surface area contributed by atoms with E-state index in [1.807, 2.05) is 6.07 Å². The number of carbonyl (C=O) groups is 2. The zero-order valence-electron chi connectivity index (χ0n) is 10.8. The number of primary amides is 2. The van der Waals surface area contributed by atoms with Gasteiger partial charge in [0, 0.05) is 5.33 Å². The first kappa shape index (κ1) is 15.7. The largest absolute Gasteiger partial charge is 0.366 e. The quantitative estimate of drug-likeness (QED) is 0.567. The van der Waals surface area contributed by atoms with Crippen LogP contribution in [0.2, 0.25) is 0 Å². The van der Waals surface area contributed by atoms with Crippen LogP contribution in [0.1, 0.15) is 52.0 Å². The molecule has 0 fully saturated rings. The number of aryl methyl sites for hydroxylation is 1. The Morgan fingerprint density at radius 1 is 1.00 bits per heavy atom. The molecule has 0 aromatic heterocycles. The highest BCUT2D eigenvalue weighted by molar-refractivity contribution is 9.09. The van der Waals surface area contributed by atoms with Gasteiger partial charge in [0.1, 0.15) is 0 Å². The van der Waals surface area contributed by atoms with Crippen molar-refractivity contribution < 1.29 is 9.59 Å². The highest BCUT2D eigenvalue weighted by atomic mass is 79.9. The molecule has 4 nitrogen and oxygen atoms in total. The number of alkyl halides is 1. The Kier molecular flexibility index (Phi) is 6.56. The van der Waals surface area contributed by atoms with Crippen LogP contribution in [0.15, 0.2) is 18.2 Å². The van der Waals surface area contributed by atoms with Crippen molar-refractivity contribution >= 4 is 27.7 Å². The van der Waals surface area contributed by atoms with Crippen LogP contribution >= 0.6 is 15.9 Å². The lowest BCUT2D eigenvalue weighted by Crippen LogP contribution is -2.22. The van der Waals surface area contributed by atoms with E-state index in [9.17, 15) is 9.59 Å². The Balaban J connectivity index is 2.80. The molecule has 5 heteroatoms. The van der Waals surface area contributed by atoms with Crippen molar-refractivity contribution in [3.63, 3.8) is 0 Å². The van der Waals surface area contributed by atoms with E-state index in [-0.39, 0.29) is 11.1 Å². The Morgan fingerprint density at radius 2 is 1.68 bits per heavy atom. The minimum absolute atomic E-state index is 0.213. The number of rotatable bonds is 8. The third kappa shape index (κ3) is 4.67. The molecule has 0 aliphatic heterocycles. The topological polar surface area (TPSA) is 86.2 Å². The average molecular weight is 327 g/mol. The van der Waals surface area contributed by atoms with E-state index >= 15 is 0 Å². The molecule has 0 saturated heterocycles. The van der Waals surface area contributed by atoms with Crippen LogP contribution in [0.3, 0.4) is 0 Å². The lowest BCUT2D eigenvalue weighted by Gasteiger charge is -2.10. The van der Waals surface area contributed by atoms with Crippen molar-refractivity contribution in [2.45, 2.75) is 32.1 Å². The van der Waals surface area contributed by atoms with Gasteiger partial charge in [-0.1, -0.05) is 40.9 Å². The second kappa shape index (κ2) is 7.94. The molecule has 0 aliphatic rings. The molecule has 0 atom stereocenters. The monoisotopic (exact) mass is 326 g/mol. The van der Waals surface area contributed by atoms with Gasteiger partial charge in [0.2, 0.25) is 11.8 Å². The number of nitrogens with two attached hydrogens (primary N) is 2. The Bertz CT molecular complexity index is 461. The number of benzene rings is 1. The van der Waals surface area contributed by atoms with E-state index in [1.165, 1.54) is 6.07 Å². The van der Waals surface area contributed by atoms with Gasteiger partial charge in [-0.3, -0.25) is 9.59 Å². The first-order valence-electron chi connectivity index (χ1n) is 6.35. The fourth-order valence-electron chi connectivity index (χ4n) is 2.07. The van der Waals surface area contributed by atoms with E-state index in [1.54, 1.807) is 6.07 Å². The highest BCUT2D eigenvalue weighted by Crippen LogP contribution is 2.17. The Hall–Kier alpha value is -1.36. The lowest BCUT2D eigenvalue weighted by atomic mass is 9.95. The van der Waals surface area contributed by atoms with Gasteiger partial charge in [-0.2, -0.15) is 0 Å². The molecule has 0 bridgehead atoms. The van der Waals surface area contributed by atoms with Crippen molar-refractivity contribution in [3.8, 4) is 0 Å². The fourth-order valence-corrected chi connectivity index (χ4v) is 2.46. The Labute approximate surface area is 121 Å². The summed E-state index contributed by atoms with van der Waals surface area (Å²) in [5, 5.41) is 1.01. The van der Waals surface area contributed by atoms with E-state index in [4.69, 9.17) is 11.5 Å². The van der Waals surface area contributed by atoms with Gasteiger partial charge in [-0.05, 0) is 30.9 Å². The number of unbranched alkanes of at least 4 members (excludes halogenated alkanes) is 3. The summed E-state index contributed by atoms with van der Waals surface area (Å²) < 4.78 is 0. The molecule has 0 aliphatic carbocycles. The summed E-state index contributed by atoms with van der Waals surface area (Å²) in [5.41, 5.74) is 11.9. The second-order valence-electron chi connectivity index (χ2n) is 4.42. The fraction of sp³-hybridized carbons (Fsp3) is 0.429. The SMILES string of the molecule is NC(=O)c1cccc(CCCCCCBr)c1C(N)=O. The number of amides is 2. The molecule has 0 heterocycles. The van der Waals surface area contributed by atoms with Gasteiger partial charge in [-0.25, -0.2) is 0 Å². The molecule has 104 valence electrons. The molecule has 0 radical (unpaired) electrons. The molecule has 1 aromatic rings. The summed E-state index contributed by atoms with van der Waals surface area (Å²) >= 11 is 3.39. The molecule has 0 unspecified atom stereocenters. The number of carbonyl (C=O) groups excluding carboxylic acids is 2. The zero-order valence-corrected chi connectivity index (χ0v) is 12.4. The number of hydrogen-bond acceptors (Lipinski definition) is 2. The minimum Gasteiger partial charge on any atom is -0.366 e. The van der Waals surface area contributed by atoms with Crippen LogP contribution in [0, 0.1) is 0 Å². The summed E-state index contributed by atoms with van der Waals surface area (Å²) in [5.74, 6) is -1.21. The molecular weight excluding hydrogens is 308 g/mol. The van der Waals surface area contributed by atoms with Crippen molar-refractivity contribution in [1.29, 1.82) is 0 Å². The van der Waals surface area contributed by atoms with Crippen LogP contribution in [0.5, 0.6) is 0 Å². The molecule has 19 heavy (non-hydrogen) atoms. The molecule has 1 aromatic carbocycles. The highest BCUT2D eigenvalue weighted by Gasteiger charge is 2.16. The maximum Gasteiger partial charge on any atom is 0.249 e. The van der Waals surface area contributed by atoms with Gasteiger partial charge in [-0.15, -0.1) is 0 Å². The molecular formula is C14H19BrN2O2. The van der Waals surface area contributed by atoms with Crippen LogP contribution < -0.4 is 11.5 Å². The molecule has 1 rings (SSSR count). The average Bonchev–Trinajstić information content (AvgIpc) is 2.37. The molecule has 0 saturated carbocycles. The van der Waals surface area contributed by atoms with Crippen LogP contribution in [-0.4, -0.2) is 17.1 Å². The predicted molar refractivity (Wildman–Crippen MR) is 79.4 cm³/mol. The maximum absolute atomic E-state index is 11.5. The first-order chi connectivity index (χ1) is 9.07. The zero-order chi connectivity index (χ0) is 14.3. The predicted octanol–water partition coefficient (Wildman–Crippen LogP) is 2.38. The van der Waals surface area contributed by atoms with E-state index in [2.05, 4.69) is 15.9 Å². The lowest BCUT2D eigenvalue weighted by molar-refractivity contribution is 0.0966.